The number of rotatable bonds is 3. The molecule has 1 atom stereocenters. The fourth-order valence-electron chi connectivity index (χ4n) is 3.72. The van der Waals surface area contributed by atoms with Gasteiger partial charge in [0, 0.05) is 23.5 Å². The van der Waals surface area contributed by atoms with Crippen molar-refractivity contribution in [3.05, 3.63) is 28.1 Å². The zero-order chi connectivity index (χ0) is 19.1. The number of aryl methyl sites for hydroxylation is 2. The Bertz CT molecular complexity index is 902. The van der Waals surface area contributed by atoms with Gasteiger partial charge < -0.3 is 9.64 Å². The molecule has 2 aromatic rings. The molecule has 2 aliphatic rings. The first kappa shape index (κ1) is 18.0. The van der Waals surface area contributed by atoms with Crippen LogP contribution in [0.2, 0.25) is 0 Å². The van der Waals surface area contributed by atoms with Crippen molar-refractivity contribution >= 4 is 28.8 Å². The van der Waals surface area contributed by atoms with Crippen LogP contribution < -0.4 is 9.64 Å². The molecule has 0 saturated carbocycles. The van der Waals surface area contributed by atoms with Crippen molar-refractivity contribution in [2.24, 2.45) is 0 Å². The van der Waals surface area contributed by atoms with Gasteiger partial charge in [-0.05, 0) is 51.8 Å². The summed E-state index contributed by atoms with van der Waals surface area (Å²) < 4.78 is 5.77. The topological polar surface area (TPSA) is 62.7 Å². The number of thiazole rings is 1. The molecule has 0 bridgehead atoms. The first-order chi connectivity index (χ1) is 12.9. The van der Waals surface area contributed by atoms with Crippen molar-refractivity contribution in [3.8, 4) is 17.0 Å². The maximum Gasteiger partial charge on any atom is 0.268 e. The van der Waals surface area contributed by atoms with Gasteiger partial charge in [0.25, 0.3) is 5.91 Å². The molecule has 0 radical (unpaired) electrons. The van der Waals surface area contributed by atoms with Crippen molar-refractivity contribution in [2.45, 2.75) is 39.7 Å². The van der Waals surface area contributed by atoms with Crippen LogP contribution in [0.4, 0.5) is 5.69 Å². The predicted octanol–water partition coefficient (Wildman–Crippen LogP) is 3.16. The Morgan fingerprint density at radius 3 is 2.70 bits per heavy atom. The minimum absolute atomic E-state index is 0.00742. The van der Waals surface area contributed by atoms with Crippen LogP contribution in [0.15, 0.2) is 18.2 Å². The van der Waals surface area contributed by atoms with Gasteiger partial charge in [-0.2, -0.15) is 0 Å². The number of nitrogens with zero attached hydrogens (tertiary/aromatic N) is 3. The van der Waals surface area contributed by atoms with Crippen LogP contribution >= 0.6 is 11.3 Å². The molecule has 1 fully saturated rings. The lowest BCUT2D eigenvalue weighted by molar-refractivity contribution is -0.132. The summed E-state index contributed by atoms with van der Waals surface area (Å²) in [5.74, 6) is 0.440. The van der Waals surface area contributed by atoms with Gasteiger partial charge in [0.05, 0.1) is 16.4 Å². The highest BCUT2D eigenvalue weighted by molar-refractivity contribution is 7.11. The van der Waals surface area contributed by atoms with E-state index >= 15 is 0 Å². The summed E-state index contributed by atoms with van der Waals surface area (Å²) in [4.78, 5) is 34.6. The van der Waals surface area contributed by atoms with E-state index in [2.05, 4.69) is 4.98 Å². The van der Waals surface area contributed by atoms with Gasteiger partial charge >= 0.3 is 0 Å². The first-order valence-corrected chi connectivity index (χ1v) is 10.1. The van der Waals surface area contributed by atoms with Crippen molar-refractivity contribution in [3.63, 3.8) is 0 Å². The van der Waals surface area contributed by atoms with Crippen LogP contribution in [-0.4, -0.2) is 47.4 Å². The van der Waals surface area contributed by atoms with Gasteiger partial charge in [0.15, 0.2) is 6.10 Å². The van der Waals surface area contributed by atoms with Crippen LogP contribution in [0.5, 0.6) is 5.75 Å². The Morgan fingerprint density at radius 1 is 1.30 bits per heavy atom. The smallest absolute Gasteiger partial charge is 0.268 e. The number of carbonyl (C=O) groups is 2. The number of likely N-dealkylation sites (tertiary alicyclic amines) is 1. The molecule has 0 aliphatic carbocycles. The van der Waals surface area contributed by atoms with E-state index in [-0.39, 0.29) is 18.4 Å². The number of carbonyl (C=O) groups excluding carboxylic acids is 2. The molecule has 3 heterocycles. The molecule has 1 aromatic heterocycles. The third kappa shape index (κ3) is 3.32. The fourth-order valence-corrected chi connectivity index (χ4v) is 4.56. The molecule has 1 saturated heterocycles. The molecule has 6 nitrogen and oxygen atoms in total. The zero-order valence-electron chi connectivity index (χ0n) is 15.8. The normalized spacial score (nSPS) is 19.2. The highest BCUT2D eigenvalue weighted by Gasteiger charge is 2.34. The highest BCUT2D eigenvalue weighted by atomic mass is 32.1. The van der Waals surface area contributed by atoms with E-state index < -0.39 is 6.10 Å². The molecule has 142 valence electrons. The second-order valence-electron chi connectivity index (χ2n) is 7.09. The van der Waals surface area contributed by atoms with Crippen molar-refractivity contribution in [1.82, 2.24) is 9.88 Å². The summed E-state index contributed by atoms with van der Waals surface area (Å²) in [6.07, 6.45) is 1.46. The van der Waals surface area contributed by atoms with E-state index in [4.69, 9.17) is 4.74 Å². The van der Waals surface area contributed by atoms with Crippen LogP contribution in [0.25, 0.3) is 11.3 Å². The molecule has 4 rings (SSSR count). The van der Waals surface area contributed by atoms with Crippen molar-refractivity contribution < 1.29 is 14.3 Å². The summed E-state index contributed by atoms with van der Waals surface area (Å²) in [5.41, 5.74) is 2.49. The Morgan fingerprint density at radius 2 is 2.04 bits per heavy atom. The van der Waals surface area contributed by atoms with Crippen LogP contribution in [0, 0.1) is 13.8 Å². The van der Waals surface area contributed by atoms with Crippen molar-refractivity contribution in [2.75, 3.05) is 24.5 Å². The average Bonchev–Trinajstić information content (AvgIpc) is 3.28. The summed E-state index contributed by atoms with van der Waals surface area (Å²) in [7, 11) is 0. The second-order valence-corrected chi connectivity index (χ2v) is 8.50. The standard InChI is InChI=1S/C20H23N3O3S/c1-12-20(25)23(11-18(24)22-8-4-5-9-22)16-10-15(6-7-17(16)26-12)19-13(2)27-14(3)21-19/h6-7,10,12H,4-5,8-9,11H2,1-3H3. The maximum atomic E-state index is 12.8. The van der Waals surface area contributed by atoms with Gasteiger partial charge in [-0.25, -0.2) is 4.98 Å². The summed E-state index contributed by atoms with van der Waals surface area (Å²) in [6.45, 7) is 7.35. The van der Waals surface area contributed by atoms with Gasteiger partial charge in [0.1, 0.15) is 12.3 Å². The Kier molecular flexibility index (Phi) is 4.63. The lowest BCUT2D eigenvalue weighted by Gasteiger charge is -2.33. The summed E-state index contributed by atoms with van der Waals surface area (Å²) in [6, 6.07) is 5.75. The molecule has 27 heavy (non-hydrogen) atoms. The molecule has 1 aromatic carbocycles. The number of ether oxygens (including phenoxy) is 1. The number of anilines is 1. The van der Waals surface area contributed by atoms with Crippen LogP contribution in [-0.2, 0) is 9.59 Å². The number of aromatic nitrogens is 1. The predicted molar refractivity (Wildman–Crippen MR) is 105 cm³/mol. The monoisotopic (exact) mass is 385 g/mol. The highest BCUT2D eigenvalue weighted by Crippen LogP contribution is 2.38. The molecular weight excluding hydrogens is 362 g/mol. The van der Waals surface area contributed by atoms with E-state index in [0.717, 1.165) is 47.1 Å². The third-order valence-electron chi connectivity index (χ3n) is 5.10. The second kappa shape index (κ2) is 6.96. The molecule has 0 spiro atoms. The maximum absolute atomic E-state index is 12.8. The van der Waals surface area contributed by atoms with Gasteiger partial charge in [-0.3, -0.25) is 14.5 Å². The SMILES string of the molecule is Cc1nc(-c2ccc3c(c2)N(CC(=O)N2CCCC2)C(=O)C(C)O3)c(C)s1. The van der Waals surface area contributed by atoms with E-state index in [1.54, 1.807) is 23.2 Å². The molecular formula is C20H23N3O3S. The lowest BCUT2D eigenvalue weighted by Crippen LogP contribution is -2.49. The third-order valence-corrected chi connectivity index (χ3v) is 5.98. The molecule has 2 amide bonds. The quantitative estimate of drug-likeness (QED) is 0.814. The van der Waals surface area contributed by atoms with Gasteiger partial charge in [0.2, 0.25) is 5.91 Å². The largest absolute Gasteiger partial charge is 0.479 e. The fraction of sp³-hybridized carbons (Fsp3) is 0.450. The molecule has 0 N–H and O–H groups in total. The molecule has 1 unspecified atom stereocenters. The number of amides is 2. The molecule has 7 heteroatoms. The summed E-state index contributed by atoms with van der Waals surface area (Å²) >= 11 is 1.65. The van der Waals surface area contributed by atoms with Crippen LogP contribution in [0.3, 0.4) is 0 Å². The van der Waals surface area contributed by atoms with Gasteiger partial charge in [-0.1, -0.05) is 0 Å². The number of hydrogen-bond acceptors (Lipinski definition) is 5. The lowest BCUT2D eigenvalue weighted by atomic mass is 10.1. The Labute approximate surface area is 162 Å². The Hall–Kier alpha value is -2.41. The number of fused-ring (bicyclic) bond motifs is 1. The first-order valence-electron chi connectivity index (χ1n) is 9.28. The van der Waals surface area contributed by atoms with E-state index in [1.807, 2.05) is 36.9 Å². The molecule has 2 aliphatic heterocycles. The van der Waals surface area contributed by atoms with Crippen molar-refractivity contribution in [1.29, 1.82) is 0 Å². The van der Waals surface area contributed by atoms with E-state index in [1.165, 1.54) is 0 Å². The Balaban J connectivity index is 1.70. The number of hydrogen-bond donors (Lipinski definition) is 0. The average molecular weight is 385 g/mol. The van der Waals surface area contributed by atoms with E-state index in [0.29, 0.717) is 11.4 Å². The van der Waals surface area contributed by atoms with Crippen LogP contribution in [0.1, 0.15) is 29.7 Å². The summed E-state index contributed by atoms with van der Waals surface area (Å²) in [5, 5.41) is 1.00. The van der Waals surface area contributed by atoms with E-state index in [9.17, 15) is 9.59 Å². The zero-order valence-corrected chi connectivity index (χ0v) is 16.6. The minimum Gasteiger partial charge on any atom is -0.479 e. The number of benzene rings is 1. The minimum atomic E-state index is -0.599. The van der Waals surface area contributed by atoms with Gasteiger partial charge in [-0.15, -0.1) is 11.3 Å².